The number of aryl methyl sites for hydroxylation is 1. The molecule has 1 amide bonds. The third kappa shape index (κ3) is 3.11. The molecule has 3 rings (SSSR count). The molecule has 23 heavy (non-hydrogen) atoms. The summed E-state index contributed by atoms with van der Waals surface area (Å²) in [5, 5.41) is 6.12. The van der Waals surface area contributed by atoms with Gasteiger partial charge in [-0.05, 0) is 37.1 Å². The highest BCUT2D eigenvalue weighted by Crippen LogP contribution is 2.24. The van der Waals surface area contributed by atoms with Crippen molar-refractivity contribution in [1.29, 1.82) is 0 Å². The first-order chi connectivity index (χ1) is 11.1. The van der Waals surface area contributed by atoms with Crippen molar-refractivity contribution in [2.24, 2.45) is 0 Å². The number of anilines is 1. The molecule has 1 aliphatic heterocycles. The number of rotatable bonds is 2. The molecule has 0 bridgehead atoms. The zero-order chi connectivity index (χ0) is 16.4. The lowest BCUT2D eigenvalue weighted by atomic mass is 10.1. The van der Waals surface area contributed by atoms with Crippen LogP contribution in [-0.4, -0.2) is 47.2 Å². The van der Waals surface area contributed by atoms with Crippen LogP contribution in [0, 0.1) is 13.8 Å². The first-order valence-corrected chi connectivity index (χ1v) is 7.72. The molecule has 0 unspecified atom stereocenters. The lowest BCUT2D eigenvalue weighted by molar-refractivity contribution is 0.0739. The van der Waals surface area contributed by atoms with Gasteiger partial charge in [-0.3, -0.25) is 9.59 Å². The van der Waals surface area contributed by atoms with Crippen molar-refractivity contribution in [1.82, 2.24) is 15.1 Å². The smallest absolute Gasteiger partial charge is 0.274 e. The first-order valence-electron chi connectivity index (χ1n) is 7.72. The van der Waals surface area contributed by atoms with Crippen molar-refractivity contribution < 1.29 is 4.79 Å². The second kappa shape index (κ2) is 6.24. The average molecular weight is 312 g/mol. The van der Waals surface area contributed by atoms with Gasteiger partial charge in [-0.25, -0.2) is 5.10 Å². The maximum Gasteiger partial charge on any atom is 0.274 e. The van der Waals surface area contributed by atoms with E-state index in [4.69, 9.17) is 0 Å². The lowest BCUT2D eigenvalue weighted by Crippen LogP contribution is -2.49. The van der Waals surface area contributed by atoms with E-state index in [1.807, 2.05) is 0 Å². The maximum atomic E-state index is 12.4. The number of H-pyrrole nitrogens is 1. The fourth-order valence-corrected chi connectivity index (χ4v) is 2.85. The molecule has 1 N–H and O–H groups in total. The molecule has 1 saturated heterocycles. The molecular formula is C17H20N4O2. The van der Waals surface area contributed by atoms with Crippen molar-refractivity contribution in [2.45, 2.75) is 13.8 Å². The van der Waals surface area contributed by atoms with Crippen molar-refractivity contribution in [3.8, 4) is 0 Å². The highest BCUT2D eigenvalue weighted by molar-refractivity contribution is 5.92. The van der Waals surface area contributed by atoms with Crippen LogP contribution in [0.5, 0.6) is 0 Å². The number of hydrogen-bond donors (Lipinski definition) is 1. The summed E-state index contributed by atoms with van der Waals surface area (Å²) >= 11 is 0. The molecule has 2 heterocycles. The summed E-state index contributed by atoms with van der Waals surface area (Å²) in [5.74, 6) is -0.137. The Labute approximate surface area is 134 Å². The van der Waals surface area contributed by atoms with Crippen LogP contribution in [0.4, 0.5) is 5.69 Å². The fourth-order valence-electron chi connectivity index (χ4n) is 2.85. The second-order valence-corrected chi connectivity index (χ2v) is 5.80. The quantitative estimate of drug-likeness (QED) is 0.909. The number of nitrogens with zero attached hydrogens (tertiary/aromatic N) is 3. The van der Waals surface area contributed by atoms with E-state index >= 15 is 0 Å². The number of aromatic amines is 1. The largest absolute Gasteiger partial charge is 0.368 e. The Kier molecular flexibility index (Phi) is 4.14. The Morgan fingerprint density at radius 3 is 2.48 bits per heavy atom. The Morgan fingerprint density at radius 1 is 1.09 bits per heavy atom. The van der Waals surface area contributed by atoms with E-state index in [-0.39, 0.29) is 17.2 Å². The van der Waals surface area contributed by atoms with Gasteiger partial charge in [0.05, 0.1) is 0 Å². The van der Waals surface area contributed by atoms with Crippen molar-refractivity contribution >= 4 is 11.6 Å². The number of amides is 1. The van der Waals surface area contributed by atoms with Crippen LogP contribution in [0.15, 0.2) is 35.1 Å². The van der Waals surface area contributed by atoms with Gasteiger partial charge in [0, 0.05) is 37.9 Å². The van der Waals surface area contributed by atoms with E-state index in [9.17, 15) is 9.59 Å². The molecule has 0 radical (unpaired) electrons. The van der Waals surface area contributed by atoms with Gasteiger partial charge in [-0.1, -0.05) is 12.1 Å². The third-order valence-electron chi connectivity index (χ3n) is 4.38. The van der Waals surface area contributed by atoms with Crippen LogP contribution in [0.2, 0.25) is 0 Å². The summed E-state index contributed by atoms with van der Waals surface area (Å²) in [6.07, 6.45) is 0. The fraction of sp³-hybridized carbons (Fsp3) is 0.353. The summed E-state index contributed by atoms with van der Waals surface area (Å²) in [5.41, 5.74) is 3.78. The molecule has 0 aliphatic carbocycles. The summed E-state index contributed by atoms with van der Waals surface area (Å²) in [7, 11) is 0. The number of benzene rings is 1. The molecule has 2 aromatic rings. The minimum absolute atomic E-state index is 0.137. The average Bonchev–Trinajstić information content (AvgIpc) is 2.58. The Hall–Kier alpha value is -2.63. The highest BCUT2D eigenvalue weighted by atomic mass is 16.2. The summed E-state index contributed by atoms with van der Waals surface area (Å²) in [4.78, 5) is 27.5. The maximum absolute atomic E-state index is 12.4. The zero-order valence-electron chi connectivity index (χ0n) is 13.4. The van der Waals surface area contributed by atoms with Gasteiger partial charge >= 0.3 is 0 Å². The summed E-state index contributed by atoms with van der Waals surface area (Å²) in [6.45, 7) is 7.12. The molecule has 6 heteroatoms. The molecule has 0 spiro atoms. The van der Waals surface area contributed by atoms with E-state index in [0.29, 0.717) is 13.1 Å². The number of nitrogens with one attached hydrogen (secondary N) is 1. The van der Waals surface area contributed by atoms with Gasteiger partial charge in [0.1, 0.15) is 5.69 Å². The van der Waals surface area contributed by atoms with Crippen LogP contribution >= 0.6 is 0 Å². The Balaban J connectivity index is 1.68. The van der Waals surface area contributed by atoms with Gasteiger partial charge in [0.2, 0.25) is 0 Å². The minimum atomic E-state index is -0.304. The molecule has 1 fully saturated rings. The molecule has 1 aliphatic rings. The van der Waals surface area contributed by atoms with E-state index < -0.39 is 0 Å². The minimum Gasteiger partial charge on any atom is -0.368 e. The second-order valence-electron chi connectivity index (χ2n) is 5.80. The Morgan fingerprint density at radius 2 is 1.83 bits per heavy atom. The number of piperazine rings is 1. The number of carbonyl (C=O) groups is 1. The van der Waals surface area contributed by atoms with Gasteiger partial charge in [0.15, 0.2) is 0 Å². The van der Waals surface area contributed by atoms with Gasteiger partial charge in [-0.15, -0.1) is 0 Å². The highest BCUT2D eigenvalue weighted by Gasteiger charge is 2.24. The number of hydrogen-bond acceptors (Lipinski definition) is 4. The third-order valence-corrected chi connectivity index (χ3v) is 4.38. The van der Waals surface area contributed by atoms with Crippen LogP contribution in [0.25, 0.3) is 0 Å². The molecule has 0 saturated carbocycles. The number of carbonyl (C=O) groups excluding carboxylic acids is 1. The number of aromatic nitrogens is 2. The van der Waals surface area contributed by atoms with E-state index in [0.717, 1.165) is 13.1 Å². The first kappa shape index (κ1) is 15.3. The van der Waals surface area contributed by atoms with E-state index in [1.165, 1.54) is 28.9 Å². The SMILES string of the molecule is Cc1cccc(N2CCN(C(=O)c3ccc(=O)[nH]n3)CC2)c1C. The van der Waals surface area contributed by atoms with Crippen molar-refractivity contribution in [2.75, 3.05) is 31.1 Å². The molecule has 0 atom stereocenters. The topological polar surface area (TPSA) is 69.3 Å². The molecule has 6 nitrogen and oxygen atoms in total. The van der Waals surface area contributed by atoms with Crippen molar-refractivity contribution in [3.05, 3.63) is 57.5 Å². The molecular weight excluding hydrogens is 292 g/mol. The van der Waals surface area contributed by atoms with Gasteiger partial charge in [-0.2, -0.15) is 5.10 Å². The normalized spacial score (nSPS) is 14.9. The standard InChI is InChI=1S/C17H20N4O2/c1-12-4-3-5-15(13(12)2)20-8-10-21(11-9-20)17(23)14-6-7-16(22)19-18-14/h3-7H,8-11H2,1-2H3,(H,19,22). The van der Waals surface area contributed by atoms with Crippen LogP contribution in [0.3, 0.4) is 0 Å². The Bertz CT molecular complexity index is 756. The predicted molar refractivity (Wildman–Crippen MR) is 88.9 cm³/mol. The van der Waals surface area contributed by atoms with Crippen LogP contribution < -0.4 is 10.5 Å². The van der Waals surface area contributed by atoms with Gasteiger partial charge in [0.25, 0.3) is 11.5 Å². The molecule has 1 aromatic carbocycles. The van der Waals surface area contributed by atoms with E-state index in [1.54, 1.807) is 4.90 Å². The van der Waals surface area contributed by atoms with Crippen molar-refractivity contribution in [3.63, 3.8) is 0 Å². The predicted octanol–water partition coefficient (Wildman–Crippen LogP) is 1.35. The van der Waals surface area contributed by atoms with Crippen LogP contribution in [-0.2, 0) is 0 Å². The monoisotopic (exact) mass is 312 g/mol. The lowest BCUT2D eigenvalue weighted by Gasteiger charge is -2.36. The molecule has 120 valence electrons. The van der Waals surface area contributed by atoms with Gasteiger partial charge < -0.3 is 9.80 Å². The summed E-state index contributed by atoms with van der Waals surface area (Å²) < 4.78 is 0. The summed E-state index contributed by atoms with van der Waals surface area (Å²) in [6, 6.07) is 9.11. The zero-order valence-corrected chi connectivity index (χ0v) is 13.4. The van der Waals surface area contributed by atoms with E-state index in [2.05, 4.69) is 47.1 Å². The molecule has 1 aromatic heterocycles. The van der Waals surface area contributed by atoms with Crippen LogP contribution in [0.1, 0.15) is 21.6 Å².